The average Bonchev–Trinajstić information content (AvgIpc) is 2.68. The maximum atomic E-state index is 12.6. The number of unbranched alkanes of at least 4 members (excludes halogenated alkanes) is 3. The molecule has 1 amide bonds. The molecule has 2 fully saturated rings. The van der Waals surface area contributed by atoms with Crippen LogP contribution in [0.1, 0.15) is 51.5 Å². The monoisotopic (exact) mass is 372 g/mol. The number of piperazine rings is 1. The summed E-state index contributed by atoms with van der Waals surface area (Å²) in [6.45, 7) is 9.45. The predicted octanol–water partition coefficient (Wildman–Crippen LogP) is 2.78. The molecular formula is C22H36N4O. The Kier molecular flexibility index (Phi) is 7.68. The van der Waals surface area contributed by atoms with Crippen LogP contribution in [0.15, 0.2) is 30.3 Å². The van der Waals surface area contributed by atoms with Crippen LogP contribution in [0.3, 0.4) is 0 Å². The molecule has 1 aromatic rings. The number of carbonyl (C=O) groups is 1. The molecule has 150 valence electrons. The van der Waals surface area contributed by atoms with Gasteiger partial charge in [0.25, 0.3) is 0 Å². The predicted molar refractivity (Wildman–Crippen MR) is 110 cm³/mol. The van der Waals surface area contributed by atoms with Gasteiger partial charge in [-0.3, -0.25) is 19.9 Å². The van der Waals surface area contributed by atoms with Gasteiger partial charge in [0.1, 0.15) is 6.29 Å². The molecule has 2 aliphatic heterocycles. The second-order valence-corrected chi connectivity index (χ2v) is 8.12. The SMILES string of the molecule is CCCCCCC1C(=O)NC(N2CCN(Cc3ccccc3)CC2)NC1C. The van der Waals surface area contributed by atoms with E-state index in [0.29, 0.717) is 0 Å². The van der Waals surface area contributed by atoms with Crippen LogP contribution < -0.4 is 10.6 Å². The van der Waals surface area contributed by atoms with Crippen molar-refractivity contribution in [1.29, 1.82) is 0 Å². The van der Waals surface area contributed by atoms with E-state index < -0.39 is 0 Å². The van der Waals surface area contributed by atoms with Crippen molar-refractivity contribution in [3.05, 3.63) is 35.9 Å². The number of benzene rings is 1. The molecule has 3 unspecified atom stereocenters. The fourth-order valence-corrected chi connectivity index (χ4v) is 4.27. The minimum atomic E-state index is -0.0155. The van der Waals surface area contributed by atoms with Gasteiger partial charge in [-0.1, -0.05) is 62.9 Å². The smallest absolute Gasteiger partial charge is 0.226 e. The van der Waals surface area contributed by atoms with Crippen molar-refractivity contribution in [2.24, 2.45) is 5.92 Å². The van der Waals surface area contributed by atoms with Gasteiger partial charge in [-0.15, -0.1) is 0 Å². The largest absolute Gasteiger partial charge is 0.328 e. The highest BCUT2D eigenvalue weighted by Crippen LogP contribution is 2.20. The normalized spacial score (nSPS) is 27.5. The van der Waals surface area contributed by atoms with E-state index in [-0.39, 0.29) is 24.2 Å². The Labute approximate surface area is 164 Å². The number of rotatable bonds is 8. The molecule has 0 aromatic heterocycles. The summed E-state index contributed by atoms with van der Waals surface area (Å²) in [6.07, 6.45) is 5.88. The molecule has 2 heterocycles. The zero-order valence-electron chi connectivity index (χ0n) is 17.0. The number of hydrogen-bond donors (Lipinski definition) is 2. The van der Waals surface area contributed by atoms with E-state index in [9.17, 15) is 4.79 Å². The molecule has 27 heavy (non-hydrogen) atoms. The topological polar surface area (TPSA) is 47.6 Å². The minimum Gasteiger partial charge on any atom is -0.328 e. The van der Waals surface area contributed by atoms with Crippen LogP contribution in [0.25, 0.3) is 0 Å². The first-order valence-corrected chi connectivity index (χ1v) is 10.7. The lowest BCUT2D eigenvalue weighted by atomic mass is 9.91. The second-order valence-electron chi connectivity index (χ2n) is 8.12. The summed E-state index contributed by atoms with van der Waals surface area (Å²) in [4.78, 5) is 17.5. The quantitative estimate of drug-likeness (QED) is 0.689. The van der Waals surface area contributed by atoms with Gasteiger partial charge < -0.3 is 5.32 Å². The molecule has 1 aromatic carbocycles. The molecule has 0 spiro atoms. The van der Waals surface area contributed by atoms with Crippen LogP contribution in [0.5, 0.6) is 0 Å². The molecule has 2 aliphatic rings. The lowest BCUT2D eigenvalue weighted by Crippen LogP contribution is -2.68. The Bertz CT molecular complexity index is 571. The van der Waals surface area contributed by atoms with Gasteiger partial charge in [-0.2, -0.15) is 0 Å². The third kappa shape index (κ3) is 5.77. The molecule has 0 aliphatic carbocycles. The van der Waals surface area contributed by atoms with Crippen molar-refractivity contribution in [2.45, 2.75) is 64.8 Å². The van der Waals surface area contributed by atoms with Crippen molar-refractivity contribution < 1.29 is 4.79 Å². The van der Waals surface area contributed by atoms with Crippen molar-refractivity contribution in [3.8, 4) is 0 Å². The highest BCUT2D eigenvalue weighted by atomic mass is 16.2. The van der Waals surface area contributed by atoms with E-state index in [1.54, 1.807) is 0 Å². The molecule has 2 N–H and O–H groups in total. The van der Waals surface area contributed by atoms with Crippen molar-refractivity contribution in [3.63, 3.8) is 0 Å². The number of hydrogen-bond acceptors (Lipinski definition) is 4. The second kappa shape index (κ2) is 10.2. The zero-order valence-corrected chi connectivity index (χ0v) is 17.0. The van der Waals surface area contributed by atoms with Gasteiger partial charge in [0.15, 0.2) is 0 Å². The summed E-state index contributed by atoms with van der Waals surface area (Å²) in [5, 5.41) is 6.88. The third-order valence-electron chi connectivity index (χ3n) is 6.03. The summed E-state index contributed by atoms with van der Waals surface area (Å²) < 4.78 is 0. The van der Waals surface area contributed by atoms with Crippen molar-refractivity contribution >= 4 is 5.91 Å². The summed E-state index contributed by atoms with van der Waals surface area (Å²) in [7, 11) is 0. The van der Waals surface area contributed by atoms with Crippen molar-refractivity contribution in [2.75, 3.05) is 26.2 Å². The number of amides is 1. The van der Waals surface area contributed by atoms with Crippen LogP contribution in [-0.4, -0.2) is 54.2 Å². The Morgan fingerprint density at radius 1 is 1.04 bits per heavy atom. The highest BCUT2D eigenvalue weighted by molar-refractivity contribution is 5.80. The van der Waals surface area contributed by atoms with Gasteiger partial charge in [-0.25, -0.2) is 0 Å². The molecular weight excluding hydrogens is 336 g/mol. The first kappa shape index (κ1) is 20.3. The maximum absolute atomic E-state index is 12.6. The van der Waals surface area contributed by atoms with E-state index >= 15 is 0 Å². The molecule has 5 heteroatoms. The number of nitrogens with one attached hydrogen (secondary N) is 2. The van der Waals surface area contributed by atoms with Crippen LogP contribution in [0, 0.1) is 5.92 Å². The summed E-state index contributed by atoms with van der Waals surface area (Å²) in [6, 6.07) is 10.9. The summed E-state index contributed by atoms with van der Waals surface area (Å²) in [5.41, 5.74) is 1.37. The van der Waals surface area contributed by atoms with Gasteiger partial charge in [0, 0.05) is 38.8 Å². The van der Waals surface area contributed by atoms with Gasteiger partial charge in [0.2, 0.25) is 5.91 Å². The van der Waals surface area contributed by atoms with Crippen LogP contribution >= 0.6 is 0 Å². The molecule has 5 nitrogen and oxygen atoms in total. The van der Waals surface area contributed by atoms with E-state index in [1.807, 2.05) is 0 Å². The number of nitrogens with zero attached hydrogens (tertiary/aromatic N) is 2. The van der Waals surface area contributed by atoms with Crippen LogP contribution in [0.4, 0.5) is 0 Å². The van der Waals surface area contributed by atoms with Crippen LogP contribution in [-0.2, 0) is 11.3 Å². The van der Waals surface area contributed by atoms with Gasteiger partial charge in [-0.05, 0) is 18.9 Å². The molecule has 0 saturated carbocycles. The van der Waals surface area contributed by atoms with Gasteiger partial charge in [0.05, 0.1) is 5.92 Å². The van der Waals surface area contributed by atoms with Crippen LogP contribution in [0.2, 0.25) is 0 Å². The van der Waals surface area contributed by atoms with Crippen molar-refractivity contribution in [1.82, 2.24) is 20.4 Å². The Hall–Kier alpha value is -1.43. The van der Waals surface area contributed by atoms with E-state index in [0.717, 1.165) is 45.6 Å². The standard InChI is InChI=1S/C22H36N4O/c1-3-4-5-9-12-20-18(2)23-22(24-21(20)27)26-15-13-25(14-16-26)17-19-10-7-6-8-11-19/h6-8,10-11,18,20,22-23H,3-5,9,12-17H2,1-2H3,(H,24,27). The lowest BCUT2D eigenvalue weighted by Gasteiger charge is -2.44. The first-order chi connectivity index (χ1) is 13.2. The molecule has 0 radical (unpaired) electrons. The molecule has 3 rings (SSSR count). The fourth-order valence-electron chi connectivity index (χ4n) is 4.27. The highest BCUT2D eigenvalue weighted by Gasteiger charge is 2.36. The van der Waals surface area contributed by atoms with E-state index in [2.05, 4.69) is 64.6 Å². The first-order valence-electron chi connectivity index (χ1n) is 10.7. The summed E-state index contributed by atoms with van der Waals surface area (Å²) >= 11 is 0. The van der Waals surface area contributed by atoms with E-state index in [1.165, 1.54) is 24.8 Å². The summed E-state index contributed by atoms with van der Waals surface area (Å²) in [5.74, 6) is 0.340. The Morgan fingerprint density at radius 2 is 1.78 bits per heavy atom. The third-order valence-corrected chi connectivity index (χ3v) is 6.03. The Morgan fingerprint density at radius 3 is 2.44 bits per heavy atom. The van der Waals surface area contributed by atoms with Gasteiger partial charge >= 0.3 is 0 Å². The fraction of sp³-hybridized carbons (Fsp3) is 0.682. The maximum Gasteiger partial charge on any atom is 0.226 e. The molecule has 3 atom stereocenters. The zero-order chi connectivity index (χ0) is 19.1. The molecule has 2 saturated heterocycles. The molecule has 0 bridgehead atoms. The van der Waals surface area contributed by atoms with E-state index in [4.69, 9.17) is 0 Å². The average molecular weight is 373 g/mol. The number of carbonyl (C=O) groups excluding carboxylic acids is 1. The Balaban J connectivity index is 1.43. The minimum absolute atomic E-state index is 0.0155. The lowest BCUT2D eigenvalue weighted by molar-refractivity contribution is -0.133.